The van der Waals surface area contributed by atoms with Crippen LogP contribution in [-0.2, 0) is 9.59 Å². The van der Waals surface area contributed by atoms with Gasteiger partial charge in [-0.3, -0.25) is 14.4 Å². The number of rotatable bonds is 5. The van der Waals surface area contributed by atoms with E-state index in [0.29, 0.717) is 37.2 Å². The van der Waals surface area contributed by atoms with E-state index >= 15 is 0 Å². The summed E-state index contributed by atoms with van der Waals surface area (Å²) in [5, 5.41) is 2.78. The molecule has 3 amide bonds. The smallest absolute Gasteiger partial charge is 0.255 e. The van der Waals surface area contributed by atoms with Crippen molar-refractivity contribution in [1.82, 2.24) is 4.90 Å². The lowest BCUT2D eigenvalue weighted by molar-refractivity contribution is -0.123. The van der Waals surface area contributed by atoms with E-state index in [1.165, 1.54) is 6.08 Å². The lowest BCUT2D eigenvalue weighted by Gasteiger charge is -2.31. The van der Waals surface area contributed by atoms with Crippen LogP contribution in [0.5, 0.6) is 0 Å². The molecule has 0 aliphatic carbocycles. The number of nitrogens with zero attached hydrogens (tertiary/aromatic N) is 1. The minimum atomic E-state index is -0.326. The highest BCUT2D eigenvalue weighted by molar-refractivity contribution is 9.10. The number of anilines is 1. The van der Waals surface area contributed by atoms with Crippen molar-refractivity contribution < 1.29 is 14.4 Å². The van der Waals surface area contributed by atoms with Gasteiger partial charge in [-0.1, -0.05) is 46.3 Å². The van der Waals surface area contributed by atoms with Crippen molar-refractivity contribution in [2.24, 2.45) is 11.7 Å². The van der Waals surface area contributed by atoms with E-state index in [1.807, 2.05) is 24.3 Å². The van der Waals surface area contributed by atoms with Gasteiger partial charge >= 0.3 is 0 Å². The molecule has 0 saturated carbocycles. The lowest BCUT2D eigenvalue weighted by Crippen LogP contribution is -2.42. The Bertz CT molecular complexity index is 950. The van der Waals surface area contributed by atoms with Gasteiger partial charge in [0.2, 0.25) is 11.8 Å². The average Bonchev–Trinajstić information content (AvgIpc) is 2.73. The Morgan fingerprint density at radius 2 is 1.69 bits per heavy atom. The van der Waals surface area contributed by atoms with Gasteiger partial charge < -0.3 is 16.0 Å². The molecule has 2 aromatic carbocycles. The molecule has 0 atom stereocenters. The van der Waals surface area contributed by atoms with Crippen LogP contribution in [0, 0.1) is 5.92 Å². The Labute approximate surface area is 177 Å². The van der Waals surface area contributed by atoms with Crippen molar-refractivity contribution in [3.63, 3.8) is 0 Å². The number of amides is 3. The second-order valence-electron chi connectivity index (χ2n) is 6.86. The van der Waals surface area contributed by atoms with E-state index in [1.54, 1.807) is 35.2 Å². The van der Waals surface area contributed by atoms with Gasteiger partial charge in [-0.2, -0.15) is 0 Å². The second-order valence-corrected chi connectivity index (χ2v) is 7.71. The van der Waals surface area contributed by atoms with E-state index in [-0.39, 0.29) is 23.6 Å². The van der Waals surface area contributed by atoms with Crippen molar-refractivity contribution in [1.29, 1.82) is 0 Å². The minimum absolute atomic E-state index is 0.168. The summed E-state index contributed by atoms with van der Waals surface area (Å²) in [6, 6.07) is 14.5. The fourth-order valence-corrected chi connectivity index (χ4v) is 3.68. The quantitative estimate of drug-likeness (QED) is 0.676. The molecule has 7 heteroatoms. The van der Waals surface area contributed by atoms with Gasteiger partial charge in [0.25, 0.3) is 5.91 Å². The molecule has 0 unspecified atom stereocenters. The maximum Gasteiger partial charge on any atom is 0.255 e. The molecule has 1 heterocycles. The first-order chi connectivity index (χ1) is 14.0. The first-order valence-corrected chi connectivity index (χ1v) is 10.2. The summed E-state index contributed by atoms with van der Waals surface area (Å²) in [5.41, 5.74) is 7.12. The number of halogens is 1. The third kappa shape index (κ3) is 5.32. The van der Waals surface area contributed by atoms with Gasteiger partial charge in [-0.15, -0.1) is 0 Å². The van der Waals surface area contributed by atoms with Crippen molar-refractivity contribution in [2.75, 3.05) is 18.4 Å². The third-order valence-electron chi connectivity index (χ3n) is 4.92. The van der Waals surface area contributed by atoms with Crippen molar-refractivity contribution in [3.05, 3.63) is 70.2 Å². The molecule has 3 rings (SSSR count). The first kappa shape index (κ1) is 20.8. The highest BCUT2D eigenvalue weighted by atomic mass is 79.9. The number of para-hydroxylation sites is 1. The van der Waals surface area contributed by atoms with Gasteiger partial charge in [0, 0.05) is 29.6 Å². The molecule has 3 N–H and O–H groups in total. The molecule has 2 aromatic rings. The fraction of sp³-hybridized carbons (Fsp3) is 0.227. The van der Waals surface area contributed by atoms with E-state index < -0.39 is 0 Å². The molecule has 0 bridgehead atoms. The monoisotopic (exact) mass is 455 g/mol. The summed E-state index contributed by atoms with van der Waals surface area (Å²) in [6.45, 7) is 0.938. The number of carbonyl (C=O) groups is 3. The molecule has 150 valence electrons. The summed E-state index contributed by atoms with van der Waals surface area (Å²) < 4.78 is 0.888. The second kappa shape index (κ2) is 9.52. The summed E-state index contributed by atoms with van der Waals surface area (Å²) in [6.07, 6.45) is 4.26. The zero-order valence-electron chi connectivity index (χ0n) is 15.8. The van der Waals surface area contributed by atoms with E-state index in [2.05, 4.69) is 21.2 Å². The Morgan fingerprint density at radius 1 is 1.03 bits per heavy atom. The maximum atomic E-state index is 12.9. The molecule has 0 aromatic heterocycles. The number of benzene rings is 2. The zero-order chi connectivity index (χ0) is 20.8. The van der Waals surface area contributed by atoms with Crippen molar-refractivity contribution >= 4 is 45.4 Å². The standard InChI is InChI=1S/C22H22BrN3O3/c23-18-7-3-1-5-15(18)9-10-20(27)25-19-8-4-2-6-17(19)22(29)26-13-11-16(12-14-26)21(24)28/h1-10,16H,11-14H2,(H2,24,28)(H,25,27)/b10-9+. The van der Waals surface area contributed by atoms with E-state index in [4.69, 9.17) is 5.73 Å². The largest absolute Gasteiger partial charge is 0.369 e. The molecule has 1 fully saturated rings. The minimum Gasteiger partial charge on any atom is -0.369 e. The molecule has 6 nitrogen and oxygen atoms in total. The molecule has 1 saturated heterocycles. The van der Waals surface area contributed by atoms with Crippen LogP contribution in [0.3, 0.4) is 0 Å². The number of hydrogen-bond donors (Lipinski definition) is 2. The number of nitrogens with two attached hydrogens (primary N) is 1. The molecular formula is C22H22BrN3O3. The van der Waals surface area contributed by atoms with Gasteiger partial charge in [0.15, 0.2) is 0 Å². The van der Waals surface area contributed by atoms with Gasteiger partial charge in [0.1, 0.15) is 0 Å². The normalized spacial score (nSPS) is 14.7. The first-order valence-electron chi connectivity index (χ1n) is 9.37. The Kier molecular flexibility index (Phi) is 6.82. The summed E-state index contributed by atoms with van der Waals surface area (Å²) in [5.74, 6) is -0.995. The summed E-state index contributed by atoms with van der Waals surface area (Å²) in [7, 11) is 0. The highest BCUT2D eigenvalue weighted by Gasteiger charge is 2.27. The van der Waals surface area contributed by atoms with Crippen molar-refractivity contribution in [3.8, 4) is 0 Å². The number of piperidine rings is 1. The molecule has 1 aliphatic rings. The van der Waals surface area contributed by atoms with Crippen LogP contribution < -0.4 is 11.1 Å². The number of carbonyl (C=O) groups excluding carboxylic acids is 3. The fourth-order valence-electron chi connectivity index (χ4n) is 3.27. The number of nitrogens with one attached hydrogen (secondary N) is 1. The van der Waals surface area contributed by atoms with Crippen LogP contribution in [-0.4, -0.2) is 35.7 Å². The Balaban J connectivity index is 1.69. The third-order valence-corrected chi connectivity index (χ3v) is 5.64. The van der Waals surface area contributed by atoms with E-state index in [0.717, 1.165) is 10.0 Å². The van der Waals surface area contributed by atoms with Crippen LogP contribution >= 0.6 is 15.9 Å². The predicted octanol–water partition coefficient (Wildman–Crippen LogP) is 3.44. The number of likely N-dealkylation sites (tertiary alicyclic amines) is 1. The lowest BCUT2D eigenvalue weighted by atomic mass is 9.95. The molecule has 0 spiro atoms. The van der Waals surface area contributed by atoms with Crippen LogP contribution in [0.25, 0.3) is 6.08 Å². The number of hydrogen-bond acceptors (Lipinski definition) is 3. The van der Waals surface area contributed by atoms with E-state index in [9.17, 15) is 14.4 Å². The van der Waals surface area contributed by atoms with Gasteiger partial charge in [0.05, 0.1) is 11.3 Å². The topological polar surface area (TPSA) is 92.5 Å². The van der Waals surface area contributed by atoms with Crippen LogP contribution in [0.1, 0.15) is 28.8 Å². The van der Waals surface area contributed by atoms with Gasteiger partial charge in [-0.05, 0) is 42.7 Å². The molecular weight excluding hydrogens is 434 g/mol. The SMILES string of the molecule is NC(=O)C1CCN(C(=O)c2ccccc2NC(=O)/C=C/c2ccccc2Br)CC1. The highest BCUT2D eigenvalue weighted by Crippen LogP contribution is 2.23. The number of primary amides is 1. The Hall–Kier alpha value is -2.93. The predicted molar refractivity (Wildman–Crippen MR) is 116 cm³/mol. The van der Waals surface area contributed by atoms with Crippen LogP contribution in [0.2, 0.25) is 0 Å². The maximum absolute atomic E-state index is 12.9. The Morgan fingerprint density at radius 3 is 2.38 bits per heavy atom. The van der Waals surface area contributed by atoms with Crippen LogP contribution in [0.4, 0.5) is 5.69 Å². The summed E-state index contributed by atoms with van der Waals surface area (Å²) in [4.78, 5) is 38.3. The molecule has 29 heavy (non-hydrogen) atoms. The molecule has 0 radical (unpaired) electrons. The summed E-state index contributed by atoms with van der Waals surface area (Å²) >= 11 is 3.44. The zero-order valence-corrected chi connectivity index (χ0v) is 17.4. The van der Waals surface area contributed by atoms with Crippen molar-refractivity contribution in [2.45, 2.75) is 12.8 Å². The van der Waals surface area contributed by atoms with Gasteiger partial charge in [-0.25, -0.2) is 0 Å². The van der Waals surface area contributed by atoms with Crippen LogP contribution in [0.15, 0.2) is 59.1 Å². The average molecular weight is 456 g/mol. The molecule has 1 aliphatic heterocycles.